The molecular formula is C15H21NO2. The van der Waals surface area contributed by atoms with E-state index in [0.717, 1.165) is 37.3 Å². The van der Waals surface area contributed by atoms with Crippen LogP contribution in [0.3, 0.4) is 0 Å². The van der Waals surface area contributed by atoms with Crippen LogP contribution in [0.25, 0.3) is 0 Å². The summed E-state index contributed by atoms with van der Waals surface area (Å²) >= 11 is 0. The van der Waals surface area contributed by atoms with Gasteiger partial charge in [-0.25, -0.2) is 0 Å². The molecule has 1 heterocycles. The second-order valence-corrected chi connectivity index (χ2v) is 3.61. The van der Waals surface area contributed by atoms with Crippen molar-refractivity contribution in [1.29, 1.82) is 0 Å². The third kappa shape index (κ3) is 5.53. The Balaban J connectivity index is 0.000000771. The fraction of sp³-hybridized carbons (Fsp3) is 0.400. The summed E-state index contributed by atoms with van der Waals surface area (Å²) in [7, 11) is 0. The summed E-state index contributed by atoms with van der Waals surface area (Å²) in [5.74, 6) is 0.934. The molecule has 0 aliphatic carbocycles. The van der Waals surface area contributed by atoms with Crippen molar-refractivity contribution in [3.05, 3.63) is 48.4 Å². The van der Waals surface area contributed by atoms with Crippen LogP contribution >= 0.6 is 0 Å². The van der Waals surface area contributed by atoms with Crippen molar-refractivity contribution in [2.24, 2.45) is 0 Å². The van der Waals surface area contributed by atoms with E-state index in [2.05, 4.69) is 5.16 Å². The Labute approximate surface area is 109 Å². The van der Waals surface area contributed by atoms with Crippen LogP contribution in [-0.4, -0.2) is 11.8 Å². The molecule has 0 aliphatic rings. The molecule has 1 aromatic heterocycles. The molecule has 3 nitrogen and oxygen atoms in total. The zero-order valence-corrected chi connectivity index (χ0v) is 11.1. The first-order chi connectivity index (χ1) is 8.95. The summed E-state index contributed by atoms with van der Waals surface area (Å²) in [5, 5.41) is 3.86. The number of ether oxygens (including phenoxy) is 1. The molecule has 0 spiro atoms. The van der Waals surface area contributed by atoms with Gasteiger partial charge in [-0.2, -0.15) is 0 Å². The highest BCUT2D eigenvalue weighted by Gasteiger charge is 1.97. The zero-order valence-electron chi connectivity index (χ0n) is 11.1. The highest BCUT2D eigenvalue weighted by Crippen LogP contribution is 2.09. The molecule has 0 aliphatic heterocycles. The molecule has 98 valence electrons. The number of hydrogen-bond acceptors (Lipinski definition) is 3. The van der Waals surface area contributed by atoms with Gasteiger partial charge in [0, 0.05) is 6.07 Å². The van der Waals surface area contributed by atoms with Gasteiger partial charge in [0.05, 0.1) is 12.3 Å². The number of unbranched alkanes of at least 4 members (excludes halogenated alkanes) is 1. The lowest BCUT2D eigenvalue weighted by Gasteiger charge is -2.04. The number of para-hydroxylation sites is 1. The Bertz CT molecular complexity index is 384. The molecule has 3 heteroatoms. The van der Waals surface area contributed by atoms with Crippen molar-refractivity contribution >= 4 is 0 Å². The van der Waals surface area contributed by atoms with Crippen molar-refractivity contribution in [3.8, 4) is 5.75 Å². The number of aryl methyl sites for hydroxylation is 1. The lowest BCUT2D eigenvalue weighted by atomic mass is 10.2. The summed E-state index contributed by atoms with van der Waals surface area (Å²) in [5.41, 5.74) is 1.01. The molecule has 0 saturated heterocycles. The number of rotatable bonds is 6. The summed E-state index contributed by atoms with van der Waals surface area (Å²) in [6, 6.07) is 11.8. The Morgan fingerprint density at radius 2 is 1.83 bits per heavy atom. The number of hydrogen-bond donors (Lipinski definition) is 0. The van der Waals surface area contributed by atoms with Crippen molar-refractivity contribution in [2.45, 2.75) is 33.1 Å². The van der Waals surface area contributed by atoms with E-state index in [1.807, 2.05) is 50.2 Å². The van der Waals surface area contributed by atoms with Crippen LogP contribution in [0.5, 0.6) is 5.75 Å². The molecule has 18 heavy (non-hydrogen) atoms. The first-order valence-corrected chi connectivity index (χ1v) is 6.52. The summed E-state index contributed by atoms with van der Waals surface area (Å²) in [6.07, 6.45) is 4.66. The number of benzene rings is 1. The van der Waals surface area contributed by atoms with E-state index in [9.17, 15) is 0 Å². The van der Waals surface area contributed by atoms with E-state index >= 15 is 0 Å². The molecule has 0 N–H and O–H groups in total. The van der Waals surface area contributed by atoms with Crippen LogP contribution in [0.2, 0.25) is 0 Å². The van der Waals surface area contributed by atoms with Crippen molar-refractivity contribution in [3.63, 3.8) is 0 Å². The maximum absolute atomic E-state index is 5.58. The smallest absolute Gasteiger partial charge is 0.124 e. The highest BCUT2D eigenvalue weighted by atomic mass is 16.5. The fourth-order valence-electron chi connectivity index (χ4n) is 1.48. The maximum Gasteiger partial charge on any atom is 0.124 e. The van der Waals surface area contributed by atoms with Gasteiger partial charge in [0.2, 0.25) is 0 Å². The molecule has 0 unspecified atom stereocenters. The molecule has 2 rings (SSSR count). The van der Waals surface area contributed by atoms with Gasteiger partial charge in [0.25, 0.3) is 0 Å². The quantitative estimate of drug-likeness (QED) is 0.721. The van der Waals surface area contributed by atoms with Crippen molar-refractivity contribution < 1.29 is 9.26 Å². The number of nitrogens with zero attached hydrogens (tertiary/aromatic N) is 1. The van der Waals surface area contributed by atoms with E-state index < -0.39 is 0 Å². The predicted molar refractivity (Wildman–Crippen MR) is 72.7 cm³/mol. The maximum atomic E-state index is 5.58. The van der Waals surface area contributed by atoms with E-state index in [0.29, 0.717) is 0 Å². The molecule has 0 radical (unpaired) electrons. The molecule has 1 aromatic carbocycles. The molecule has 2 aromatic rings. The third-order valence-corrected chi connectivity index (χ3v) is 2.33. The van der Waals surface area contributed by atoms with E-state index in [1.54, 1.807) is 6.26 Å². The minimum absolute atomic E-state index is 0.752. The summed E-state index contributed by atoms with van der Waals surface area (Å²) in [6.45, 7) is 4.75. The van der Waals surface area contributed by atoms with Gasteiger partial charge >= 0.3 is 0 Å². The molecule has 0 saturated carbocycles. The topological polar surface area (TPSA) is 35.3 Å². The number of aromatic nitrogens is 1. The first-order valence-electron chi connectivity index (χ1n) is 6.52. The standard InChI is InChI=1S/C13H15NO2.C2H6/c1-2-7-13(8-3-1)15-10-5-4-6-12-9-11-16-14-12;1-2/h1-3,7-9,11H,4-6,10H2;1-2H3. The largest absolute Gasteiger partial charge is 0.494 e. The van der Waals surface area contributed by atoms with Gasteiger partial charge in [-0.15, -0.1) is 0 Å². The van der Waals surface area contributed by atoms with Gasteiger partial charge in [0.1, 0.15) is 12.0 Å². The molecule has 0 amide bonds. The zero-order chi connectivity index (χ0) is 13.1. The summed E-state index contributed by atoms with van der Waals surface area (Å²) in [4.78, 5) is 0. The molecule has 0 bridgehead atoms. The molecule has 0 atom stereocenters. The lowest BCUT2D eigenvalue weighted by molar-refractivity contribution is 0.306. The predicted octanol–water partition coefficient (Wildman–Crippen LogP) is 4.10. The summed E-state index contributed by atoms with van der Waals surface area (Å²) < 4.78 is 10.3. The van der Waals surface area contributed by atoms with Crippen LogP contribution in [0.4, 0.5) is 0 Å². The van der Waals surface area contributed by atoms with Crippen LogP contribution in [-0.2, 0) is 6.42 Å². The second-order valence-electron chi connectivity index (χ2n) is 3.61. The highest BCUT2D eigenvalue weighted by molar-refractivity contribution is 5.20. The van der Waals surface area contributed by atoms with Crippen molar-refractivity contribution in [2.75, 3.05) is 6.61 Å². The Morgan fingerprint density at radius 3 is 2.50 bits per heavy atom. The first kappa shape index (κ1) is 14.3. The average molecular weight is 247 g/mol. The minimum Gasteiger partial charge on any atom is -0.494 e. The molecule has 0 fully saturated rings. The van der Waals surface area contributed by atoms with Gasteiger partial charge in [-0.05, 0) is 31.4 Å². The minimum atomic E-state index is 0.752. The Kier molecular flexibility index (Phi) is 7.37. The van der Waals surface area contributed by atoms with Gasteiger partial charge in [-0.3, -0.25) is 0 Å². The van der Waals surface area contributed by atoms with E-state index in [4.69, 9.17) is 9.26 Å². The van der Waals surface area contributed by atoms with Gasteiger partial charge < -0.3 is 9.26 Å². The Hall–Kier alpha value is -1.77. The van der Waals surface area contributed by atoms with E-state index in [-0.39, 0.29) is 0 Å². The second kappa shape index (κ2) is 9.28. The van der Waals surface area contributed by atoms with Gasteiger partial charge in [0.15, 0.2) is 0 Å². The monoisotopic (exact) mass is 247 g/mol. The van der Waals surface area contributed by atoms with Crippen LogP contribution in [0.15, 0.2) is 47.2 Å². The normalized spacial score (nSPS) is 9.44. The SMILES string of the molecule is CC.c1ccc(OCCCCc2ccon2)cc1. The molecular weight excluding hydrogens is 226 g/mol. The Morgan fingerprint density at radius 1 is 1.06 bits per heavy atom. The third-order valence-electron chi connectivity index (χ3n) is 2.33. The van der Waals surface area contributed by atoms with Crippen LogP contribution in [0, 0.1) is 0 Å². The van der Waals surface area contributed by atoms with Crippen molar-refractivity contribution in [1.82, 2.24) is 5.16 Å². The average Bonchev–Trinajstić information content (AvgIpc) is 2.95. The van der Waals surface area contributed by atoms with Crippen LogP contribution < -0.4 is 4.74 Å². The van der Waals surface area contributed by atoms with Crippen LogP contribution in [0.1, 0.15) is 32.4 Å². The fourth-order valence-corrected chi connectivity index (χ4v) is 1.48. The lowest BCUT2D eigenvalue weighted by Crippen LogP contribution is -1.98. The van der Waals surface area contributed by atoms with Gasteiger partial charge in [-0.1, -0.05) is 37.2 Å². The van der Waals surface area contributed by atoms with E-state index in [1.165, 1.54) is 0 Å².